The summed E-state index contributed by atoms with van der Waals surface area (Å²) in [6, 6.07) is 7.11. The Morgan fingerprint density at radius 2 is 1.96 bits per heavy atom. The maximum Gasteiger partial charge on any atom is 0.317 e. The molecule has 1 aromatic carbocycles. The van der Waals surface area contributed by atoms with Crippen molar-refractivity contribution in [3.05, 3.63) is 59.9 Å². The Morgan fingerprint density at radius 1 is 1.16 bits per heavy atom. The zero-order chi connectivity index (χ0) is 17.6. The van der Waals surface area contributed by atoms with E-state index in [1.54, 1.807) is 22.2 Å². The summed E-state index contributed by atoms with van der Waals surface area (Å²) in [5, 5.41) is 2.88. The Balaban J connectivity index is 1.47. The van der Waals surface area contributed by atoms with Crippen molar-refractivity contribution < 1.29 is 13.6 Å². The molecule has 5 nitrogen and oxygen atoms in total. The van der Waals surface area contributed by atoms with E-state index in [1.807, 2.05) is 12.1 Å². The third-order valence-electron chi connectivity index (χ3n) is 4.23. The summed E-state index contributed by atoms with van der Waals surface area (Å²) in [6.45, 7) is 2.40. The second-order valence-electron chi connectivity index (χ2n) is 5.91. The SMILES string of the molecule is O=C(NCCc1cccnc1)N1CCN(c2cc(F)ccc2F)CC1. The number of urea groups is 1. The fraction of sp³-hybridized carbons (Fsp3) is 0.333. The highest BCUT2D eigenvalue weighted by atomic mass is 19.1. The number of carbonyl (C=O) groups excluding carboxylic acids is 1. The lowest BCUT2D eigenvalue weighted by atomic mass is 10.2. The number of hydrogen-bond acceptors (Lipinski definition) is 3. The van der Waals surface area contributed by atoms with E-state index in [9.17, 15) is 13.6 Å². The Labute approximate surface area is 145 Å². The molecular formula is C18H20F2N4O. The highest BCUT2D eigenvalue weighted by molar-refractivity contribution is 5.74. The predicted octanol–water partition coefficient (Wildman–Crippen LogP) is 2.43. The van der Waals surface area contributed by atoms with Gasteiger partial charge in [-0.3, -0.25) is 4.98 Å². The lowest BCUT2D eigenvalue weighted by Crippen LogP contribution is -2.52. The molecule has 0 atom stereocenters. The summed E-state index contributed by atoms with van der Waals surface area (Å²) < 4.78 is 27.1. The normalized spacial score (nSPS) is 14.5. The van der Waals surface area contributed by atoms with Crippen LogP contribution in [0.3, 0.4) is 0 Å². The first kappa shape index (κ1) is 17.1. The van der Waals surface area contributed by atoms with E-state index in [0.29, 0.717) is 39.1 Å². The maximum atomic E-state index is 13.8. The molecule has 1 aliphatic rings. The van der Waals surface area contributed by atoms with Gasteiger partial charge in [0.15, 0.2) is 0 Å². The van der Waals surface area contributed by atoms with Crippen LogP contribution in [-0.4, -0.2) is 48.6 Å². The van der Waals surface area contributed by atoms with Crippen molar-refractivity contribution in [3.63, 3.8) is 0 Å². The predicted molar refractivity (Wildman–Crippen MR) is 91.5 cm³/mol. The largest absolute Gasteiger partial charge is 0.366 e. The van der Waals surface area contributed by atoms with E-state index < -0.39 is 11.6 Å². The van der Waals surface area contributed by atoms with E-state index in [2.05, 4.69) is 10.3 Å². The van der Waals surface area contributed by atoms with Crippen molar-refractivity contribution in [3.8, 4) is 0 Å². The van der Waals surface area contributed by atoms with E-state index in [-0.39, 0.29) is 11.7 Å². The summed E-state index contributed by atoms with van der Waals surface area (Å²) in [4.78, 5) is 19.7. The quantitative estimate of drug-likeness (QED) is 0.925. The molecular weight excluding hydrogens is 326 g/mol. The highest BCUT2D eigenvalue weighted by Crippen LogP contribution is 2.21. The molecule has 25 heavy (non-hydrogen) atoms. The van der Waals surface area contributed by atoms with Crippen molar-refractivity contribution in [1.29, 1.82) is 0 Å². The third-order valence-corrected chi connectivity index (χ3v) is 4.23. The van der Waals surface area contributed by atoms with Gasteiger partial charge < -0.3 is 15.1 Å². The van der Waals surface area contributed by atoms with Gasteiger partial charge in [-0.1, -0.05) is 6.07 Å². The Bertz CT molecular complexity index is 718. The fourth-order valence-electron chi connectivity index (χ4n) is 2.85. The summed E-state index contributed by atoms with van der Waals surface area (Å²) in [7, 11) is 0. The lowest BCUT2D eigenvalue weighted by molar-refractivity contribution is 0.194. The zero-order valence-corrected chi connectivity index (χ0v) is 13.8. The molecule has 7 heteroatoms. The minimum atomic E-state index is -0.466. The number of piperazine rings is 1. The zero-order valence-electron chi connectivity index (χ0n) is 13.8. The molecule has 132 valence electrons. The first-order valence-corrected chi connectivity index (χ1v) is 8.25. The Hall–Kier alpha value is -2.70. The number of pyridine rings is 1. The Kier molecular flexibility index (Phi) is 5.42. The van der Waals surface area contributed by atoms with Crippen molar-refractivity contribution >= 4 is 11.7 Å². The molecule has 2 heterocycles. The van der Waals surface area contributed by atoms with E-state index in [0.717, 1.165) is 17.7 Å². The maximum absolute atomic E-state index is 13.8. The van der Waals surface area contributed by atoms with Crippen molar-refractivity contribution in [2.75, 3.05) is 37.6 Å². The van der Waals surface area contributed by atoms with Crippen LogP contribution >= 0.6 is 0 Å². The number of aromatic nitrogens is 1. The molecule has 2 amide bonds. The van der Waals surface area contributed by atoms with Gasteiger partial charge in [-0.2, -0.15) is 0 Å². The van der Waals surface area contributed by atoms with Crippen LogP contribution < -0.4 is 10.2 Å². The van der Waals surface area contributed by atoms with Gasteiger partial charge in [-0.25, -0.2) is 13.6 Å². The summed E-state index contributed by atoms with van der Waals surface area (Å²) in [5.41, 5.74) is 1.31. The molecule has 1 fully saturated rings. The number of nitrogens with one attached hydrogen (secondary N) is 1. The highest BCUT2D eigenvalue weighted by Gasteiger charge is 2.22. The van der Waals surface area contributed by atoms with E-state index >= 15 is 0 Å². The molecule has 1 N–H and O–H groups in total. The molecule has 0 radical (unpaired) electrons. The number of anilines is 1. The number of benzene rings is 1. The average Bonchev–Trinajstić information content (AvgIpc) is 2.65. The van der Waals surface area contributed by atoms with Crippen LogP contribution in [0.1, 0.15) is 5.56 Å². The van der Waals surface area contributed by atoms with E-state index in [1.165, 1.54) is 6.07 Å². The molecule has 0 spiro atoms. The number of halogens is 2. The minimum absolute atomic E-state index is 0.136. The lowest BCUT2D eigenvalue weighted by Gasteiger charge is -2.36. The van der Waals surface area contributed by atoms with Crippen LogP contribution in [0.25, 0.3) is 0 Å². The topological polar surface area (TPSA) is 48.5 Å². The van der Waals surface area contributed by atoms with Crippen LogP contribution in [0.2, 0.25) is 0 Å². The van der Waals surface area contributed by atoms with Crippen molar-refractivity contribution in [2.45, 2.75) is 6.42 Å². The molecule has 0 unspecified atom stereocenters. The average molecular weight is 346 g/mol. The number of rotatable bonds is 4. The molecule has 3 rings (SSSR count). The second kappa shape index (κ2) is 7.92. The molecule has 2 aromatic rings. The molecule has 1 aliphatic heterocycles. The van der Waals surface area contributed by atoms with Crippen molar-refractivity contribution in [1.82, 2.24) is 15.2 Å². The van der Waals surface area contributed by atoms with Gasteiger partial charge >= 0.3 is 6.03 Å². The summed E-state index contributed by atoms with van der Waals surface area (Å²) in [5.74, 6) is -0.914. The smallest absolute Gasteiger partial charge is 0.317 e. The van der Waals surface area contributed by atoms with Crippen LogP contribution in [0.4, 0.5) is 19.3 Å². The van der Waals surface area contributed by atoms with Crippen LogP contribution in [0.5, 0.6) is 0 Å². The fourth-order valence-corrected chi connectivity index (χ4v) is 2.85. The van der Waals surface area contributed by atoms with Gasteiger partial charge in [-0.15, -0.1) is 0 Å². The molecule has 0 aliphatic carbocycles. The Morgan fingerprint density at radius 3 is 2.68 bits per heavy atom. The van der Waals surface area contributed by atoms with Crippen LogP contribution in [-0.2, 0) is 6.42 Å². The van der Waals surface area contributed by atoms with Gasteiger partial charge in [0.1, 0.15) is 11.6 Å². The standard InChI is InChI=1S/C18H20F2N4O/c19-15-3-4-16(20)17(12-15)23-8-10-24(11-9-23)18(25)22-7-5-14-2-1-6-21-13-14/h1-4,6,12-13H,5,7-11H2,(H,22,25). The third kappa shape index (κ3) is 4.43. The first-order chi connectivity index (χ1) is 12.1. The molecule has 1 aromatic heterocycles. The summed E-state index contributed by atoms with van der Waals surface area (Å²) >= 11 is 0. The number of amides is 2. The number of carbonyl (C=O) groups is 1. The summed E-state index contributed by atoms with van der Waals surface area (Å²) in [6.07, 6.45) is 4.20. The van der Waals surface area contributed by atoms with Crippen LogP contribution in [0.15, 0.2) is 42.7 Å². The second-order valence-corrected chi connectivity index (χ2v) is 5.91. The van der Waals surface area contributed by atoms with Gasteiger partial charge in [0.2, 0.25) is 0 Å². The molecule has 0 saturated carbocycles. The van der Waals surface area contributed by atoms with Gasteiger partial charge in [0, 0.05) is 51.2 Å². The van der Waals surface area contributed by atoms with Crippen LogP contribution in [0, 0.1) is 11.6 Å². The number of nitrogens with zero attached hydrogens (tertiary/aromatic N) is 3. The monoisotopic (exact) mass is 346 g/mol. The molecule has 1 saturated heterocycles. The minimum Gasteiger partial charge on any atom is -0.366 e. The van der Waals surface area contributed by atoms with Gasteiger partial charge in [0.25, 0.3) is 0 Å². The van der Waals surface area contributed by atoms with Gasteiger partial charge in [0.05, 0.1) is 5.69 Å². The molecule has 0 bridgehead atoms. The first-order valence-electron chi connectivity index (χ1n) is 8.25. The van der Waals surface area contributed by atoms with E-state index in [4.69, 9.17) is 0 Å². The van der Waals surface area contributed by atoms with Gasteiger partial charge in [-0.05, 0) is 30.2 Å². The van der Waals surface area contributed by atoms with Crippen molar-refractivity contribution in [2.24, 2.45) is 0 Å². The number of hydrogen-bond donors (Lipinski definition) is 1.